The van der Waals surface area contributed by atoms with Crippen molar-refractivity contribution >= 4 is 11.5 Å². The maximum Gasteiger partial charge on any atom is 0.136 e. The van der Waals surface area contributed by atoms with E-state index in [0.29, 0.717) is 12.6 Å². The highest BCUT2D eigenvalue weighted by Crippen LogP contribution is 2.28. The Balaban J connectivity index is 1.68. The number of aryl methyl sites for hydroxylation is 1. The molecule has 0 spiro atoms. The van der Waals surface area contributed by atoms with Gasteiger partial charge in [-0.25, -0.2) is 4.98 Å². The lowest BCUT2D eigenvalue weighted by atomic mass is 10.0. The average Bonchev–Trinajstić information content (AvgIpc) is 3.01. The van der Waals surface area contributed by atoms with E-state index >= 15 is 0 Å². The second kappa shape index (κ2) is 6.08. The van der Waals surface area contributed by atoms with Crippen LogP contribution in [-0.4, -0.2) is 34.9 Å². The van der Waals surface area contributed by atoms with E-state index in [-0.39, 0.29) is 0 Å². The Morgan fingerprint density at radius 3 is 2.87 bits per heavy atom. The van der Waals surface area contributed by atoms with Crippen LogP contribution in [0, 0.1) is 6.92 Å². The molecule has 4 heterocycles. The summed E-state index contributed by atoms with van der Waals surface area (Å²) < 4.78 is 5.44. The molecule has 2 aromatic heterocycles. The summed E-state index contributed by atoms with van der Waals surface area (Å²) in [5.74, 6) is 0.925. The van der Waals surface area contributed by atoms with Crippen LogP contribution in [-0.2, 0) is 11.3 Å². The normalized spacial score (nSPS) is 17.7. The molecule has 0 atom stereocenters. The lowest BCUT2D eigenvalue weighted by Gasteiger charge is -2.24. The van der Waals surface area contributed by atoms with Crippen molar-refractivity contribution in [2.75, 3.05) is 18.5 Å². The Bertz CT molecular complexity index is 750. The molecule has 4 rings (SSSR count). The molecule has 5 heteroatoms. The molecule has 2 aliphatic heterocycles. The molecule has 0 amide bonds. The second-order valence-corrected chi connectivity index (χ2v) is 6.05. The van der Waals surface area contributed by atoms with Crippen molar-refractivity contribution in [3.8, 4) is 0 Å². The van der Waals surface area contributed by atoms with Gasteiger partial charge in [0.15, 0.2) is 0 Å². The van der Waals surface area contributed by atoms with Gasteiger partial charge >= 0.3 is 0 Å². The summed E-state index contributed by atoms with van der Waals surface area (Å²) in [5.41, 5.74) is 5.20. The number of aliphatic imine (C=N–C) groups is 1. The van der Waals surface area contributed by atoms with Gasteiger partial charge in [0.05, 0.1) is 18.0 Å². The summed E-state index contributed by atoms with van der Waals surface area (Å²) in [4.78, 5) is 13.9. The van der Waals surface area contributed by atoms with Gasteiger partial charge in [-0.2, -0.15) is 0 Å². The van der Waals surface area contributed by atoms with Crippen LogP contribution < -0.4 is 5.32 Å². The smallest absolute Gasteiger partial charge is 0.136 e. The molecule has 0 bridgehead atoms. The van der Waals surface area contributed by atoms with Crippen LogP contribution in [0.4, 0.5) is 5.82 Å². The zero-order valence-corrected chi connectivity index (χ0v) is 13.2. The number of rotatable bonds is 3. The van der Waals surface area contributed by atoms with E-state index in [1.54, 1.807) is 0 Å². The maximum absolute atomic E-state index is 5.44. The van der Waals surface area contributed by atoms with Crippen molar-refractivity contribution in [1.29, 1.82) is 0 Å². The van der Waals surface area contributed by atoms with Gasteiger partial charge in [-0.15, -0.1) is 0 Å². The molecule has 1 saturated heterocycles. The SMILES string of the molecule is Cc1cccc(C2=NCc3ccnc(NC4CCOCC4)c32)n1. The molecule has 0 aliphatic carbocycles. The summed E-state index contributed by atoms with van der Waals surface area (Å²) in [7, 11) is 0. The first kappa shape index (κ1) is 14.3. The van der Waals surface area contributed by atoms with Gasteiger partial charge in [0.25, 0.3) is 0 Å². The van der Waals surface area contributed by atoms with E-state index in [4.69, 9.17) is 9.73 Å². The molecule has 2 aromatic rings. The van der Waals surface area contributed by atoms with E-state index in [1.165, 1.54) is 5.56 Å². The molecular weight excluding hydrogens is 288 g/mol. The first-order chi connectivity index (χ1) is 11.3. The predicted molar refractivity (Wildman–Crippen MR) is 90.0 cm³/mol. The van der Waals surface area contributed by atoms with E-state index in [2.05, 4.69) is 21.4 Å². The summed E-state index contributed by atoms with van der Waals surface area (Å²) in [6.07, 6.45) is 3.89. The minimum absolute atomic E-state index is 0.412. The van der Waals surface area contributed by atoms with Crippen LogP contribution in [0.25, 0.3) is 0 Å². The number of hydrogen-bond acceptors (Lipinski definition) is 5. The van der Waals surface area contributed by atoms with Crippen molar-refractivity contribution in [1.82, 2.24) is 9.97 Å². The van der Waals surface area contributed by atoms with E-state index in [1.807, 2.05) is 31.3 Å². The molecule has 23 heavy (non-hydrogen) atoms. The Morgan fingerprint density at radius 1 is 1.17 bits per heavy atom. The Hall–Kier alpha value is -2.27. The average molecular weight is 308 g/mol. The van der Waals surface area contributed by atoms with Gasteiger partial charge in [-0.05, 0) is 43.5 Å². The monoisotopic (exact) mass is 308 g/mol. The first-order valence-corrected chi connectivity index (χ1v) is 8.12. The summed E-state index contributed by atoms with van der Waals surface area (Å²) in [6.45, 7) is 4.33. The van der Waals surface area contributed by atoms with Crippen molar-refractivity contribution < 1.29 is 4.74 Å². The Labute approximate surface area is 135 Å². The Morgan fingerprint density at radius 2 is 2.04 bits per heavy atom. The van der Waals surface area contributed by atoms with E-state index < -0.39 is 0 Å². The van der Waals surface area contributed by atoms with Crippen LogP contribution in [0.5, 0.6) is 0 Å². The van der Waals surface area contributed by atoms with Gasteiger partial charge in [0, 0.05) is 36.7 Å². The van der Waals surface area contributed by atoms with E-state index in [9.17, 15) is 0 Å². The van der Waals surface area contributed by atoms with Crippen LogP contribution in [0.15, 0.2) is 35.5 Å². The number of nitrogens with one attached hydrogen (secondary N) is 1. The van der Waals surface area contributed by atoms with Gasteiger partial charge in [0.1, 0.15) is 5.82 Å². The molecule has 0 saturated carbocycles. The fourth-order valence-corrected chi connectivity index (χ4v) is 3.17. The maximum atomic E-state index is 5.44. The minimum Gasteiger partial charge on any atom is -0.381 e. The molecule has 5 nitrogen and oxygen atoms in total. The van der Waals surface area contributed by atoms with Crippen LogP contribution in [0.2, 0.25) is 0 Å². The van der Waals surface area contributed by atoms with Gasteiger partial charge in [0.2, 0.25) is 0 Å². The molecule has 118 valence electrons. The highest BCUT2D eigenvalue weighted by Gasteiger charge is 2.24. The van der Waals surface area contributed by atoms with Crippen molar-refractivity contribution in [3.05, 3.63) is 53.0 Å². The molecule has 0 aromatic carbocycles. The lowest BCUT2D eigenvalue weighted by molar-refractivity contribution is 0.0904. The van der Waals surface area contributed by atoms with Crippen LogP contribution in [0.1, 0.15) is 35.4 Å². The number of ether oxygens (including phenoxy) is 1. The number of aromatic nitrogens is 2. The quantitative estimate of drug-likeness (QED) is 0.947. The van der Waals surface area contributed by atoms with Gasteiger partial charge < -0.3 is 10.1 Å². The highest BCUT2D eigenvalue weighted by atomic mass is 16.5. The van der Waals surface area contributed by atoms with Crippen molar-refractivity contribution in [2.24, 2.45) is 4.99 Å². The second-order valence-electron chi connectivity index (χ2n) is 6.05. The number of pyridine rings is 2. The largest absolute Gasteiger partial charge is 0.381 e. The Kier molecular flexibility index (Phi) is 3.79. The molecule has 1 fully saturated rings. The third-order valence-electron chi connectivity index (χ3n) is 4.37. The molecule has 1 N–H and O–H groups in total. The lowest BCUT2D eigenvalue weighted by Crippen LogP contribution is -2.29. The third kappa shape index (κ3) is 2.84. The zero-order chi connectivity index (χ0) is 15.6. The molecule has 2 aliphatic rings. The highest BCUT2D eigenvalue weighted by molar-refractivity contribution is 6.16. The first-order valence-electron chi connectivity index (χ1n) is 8.12. The van der Waals surface area contributed by atoms with Crippen molar-refractivity contribution in [3.63, 3.8) is 0 Å². The van der Waals surface area contributed by atoms with Gasteiger partial charge in [-0.3, -0.25) is 9.98 Å². The number of nitrogens with zero attached hydrogens (tertiary/aromatic N) is 3. The number of fused-ring (bicyclic) bond motifs is 1. The standard InChI is InChI=1S/C18H20N4O/c1-12-3-2-4-15(21-12)17-16-13(11-20-17)5-8-19-18(16)22-14-6-9-23-10-7-14/h2-5,8,14H,6-7,9-11H2,1H3,(H,19,22). The molecule has 0 unspecified atom stereocenters. The molecule has 0 radical (unpaired) electrons. The summed E-state index contributed by atoms with van der Waals surface area (Å²) in [5, 5.41) is 3.60. The predicted octanol–water partition coefficient (Wildman–Crippen LogP) is 2.73. The summed E-state index contributed by atoms with van der Waals surface area (Å²) in [6, 6.07) is 8.52. The summed E-state index contributed by atoms with van der Waals surface area (Å²) >= 11 is 0. The fraction of sp³-hybridized carbons (Fsp3) is 0.389. The third-order valence-corrected chi connectivity index (χ3v) is 4.37. The minimum atomic E-state index is 0.412. The fourth-order valence-electron chi connectivity index (χ4n) is 3.17. The topological polar surface area (TPSA) is 59.4 Å². The van der Waals surface area contributed by atoms with E-state index in [0.717, 1.165) is 54.5 Å². The zero-order valence-electron chi connectivity index (χ0n) is 13.2. The number of anilines is 1. The van der Waals surface area contributed by atoms with Crippen LogP contribution in [0.3, 0.4) is 0 Å². The van der Waals surface area contributed by atoms with Gasteiger partial charge in [-0.1, -0.05) is 6.07 Å². The van der Waals surface area contributed by atoms with Crippen LogP contribution >= 0.6 is 0 Å². The molecular formula is C18H20N4O. The number of hydrogen-bond donors (Lipinski definition) is 1. The van der Waals surface area contributed by atoms with Crippen molar-refractivity contribution in [2.45, 2.75) is 32.4 Å².